The van der Waals surface area contributed by atoms with Crippen LogP contribution in [0.2, 0.25) is 0 Å². The van der Waals surface area contributed by atoms with Crippen molar-refractivity contribution in [2.45, 2.75) is 49.0 Å². The third-order valence-electron chi connectivity index (χ3n) is 4.62. The van der Waals surface area contributed by atoms with Gasteiger partial charge in [0, 0.05) is 28.7 Å². The monoisotopic (exact) mass is 349 g/mol. The molecule has 22 heavy (non-hydrogen) atoms. The van der Waals surface area contributed by atoms with E-state index in [0.717, 1.165) is 32.0 Å². The van der Waals surface area contributed by atoms with Crippen LogP contribution in [0.5, 0.6) is 0 Å². The van der Waals surface area contributed by atoms with Gasteiger partial charge in [-0.2, -0.15) is 0 Å². The van der Waals surface area contributed by atoms with Crippen LogP contribution < -0.4 is 0 Å². The number of hydrogen-bond acceptors (Lipinski definition) is 3. The maximum Gasteiger partial charge on any atom is 0.273 e. The first-order valence-electron chi connectivity index (χ1n) is 7.50. The van der Waals surface area contributed by atoms with E-state index in [4.69, 9.17) is 10.7 Å². The summed E-state index contributed by atoms with van der Waals surface area (Å²) in [5.41, 5.74) is 0.360. The molecule has 1 aromatic carbocycles. The number of likely N-dealkylation sites (tertiary alicyclic amines) is 1. The molecule has 1 fully saturated rings. The molecule has 1 aliphatic heterocycles. The van der Waals surface area contributed by atoms with Crippen LogP contribution >= 0.6 is 10.7 Å². The van der Waals surface area contributed by atoms with Gasteiger partial charge in [0.1, 0.15) is 0 Å². The van der Waals surface area contributed by atoms with E-state index in [1.54, 1.807) is 0 Å². The first-order valence-corrected chi connectivity index (χ1v) is 9.81. The van der Waals surface area contributed by atoms with Crippen LogP contribution in [0, 0.1) is 0 Å². The van der Waals surface area contributed by atoms with Crippen LogP contribution in [0.4, 0.5) is 8.78 Å². The summed E-state index contributed by atoms with van der Waals surface area (Å²) in [5.74, 6) is -3.00. The van der Waals surface area contributed by atoms with E-state index in [9.17, 15) is 17.2 Å². The number of nitrogens with zero attached hydrogens (tertiary/aromatic N) is 1. The van der Waals surface area contributed by atoms with E-state index in [2.05, 4.69) is 4.90 Å². The van der Waals surface area contributed by atoms with Gasteiger partial charge in [0.2, 0.25) is 0 Å². The number of benzene rings is 1. The lowest BCUT2D eigenvalue weighted by Crippen LogP contribution is -2.38. The van der Waals surface area contributed by atoms with Crippen LogP contribution in [0.15, 0.2) is 23.1 Å². The summed E-state index contributed by atoms with van der Waals surface area (Å²) in [4.78, 5) is 1.98. The Labute approximate surface area is 133 Å². The van der Waals surface area contributed by atoms with Crippen LogP contribution in [0.25, 0.3) is 0 Å². The third-order valence-corrected chi connectivity index (χ3v) is 5.97. The van der Waals surface area contributed by atoms with Gasteiger partial charge in [-0.3, -0.25) is 4.90 Å². The Balaban J connectivity index is 2.04. The fourth-order valence-electron chi connectivity index (χ4n) is 3.51. The van der Waals surface area contributed by atoms with Gasteiger partial charge in [-0.05, 0) is 50.0 Å². The SMILES string of the molecule is O=S(=O)(Cl)c1ccc2c(c1)C(F)(F)CCC2N1CCCCC1. The smallest absolute Gasteiger partial charge is 0.273 e. The average Bonchev–Trinajstić information content (AvgIpc) is 2.47. The molecule has 0 aromatic heterocycles. The van der Waals surface area contributed by atoms with Gasteiger partial charge in [0.15, 0.2) is 0 Å². The summed E-state index contributed by atoms with van der Waals surface area (Å²) < 4.78 is 51.3. The van der Waals surface area contributed by atoms with Gasteiger partial charge in [0.05, 0.1) is 4.90 Å². The number of alkyl halides is 2. The maximum atomic E-state index is 14.2. The lowest BCUT2D eigenvalue weighted by atomic mass is 9.83. The molecule has 0 bridgehead atoms. The second kappa shape index (κ2) is 5.73. The van der Waals surface area contributed by atoms with Crippen LogP contribution in [-0.2, 0) is 15.0 Å². The zero-order valence-corrected chi connectivity index (χ0v) is 13.6. The van der Waals surface area contributed by atoms with E-state index < -0.39 is 15.0 Å². The summed E-state index contributed by atoms with van der Waals surface area (Å²) in [6, 6.07) is 3.84. The van der Waals surface area contributed by atoms with Crippen molar-refractivity contribution in [2.75, 3.05) is 13.1 Å². The van der Waals surface area contributed by atoms with E-state index >= 15 is 0 Å². The molecule has 1 saturated heterocycles. The molecular formula is C15H18ClF2NO2S. The minimum atomic E-state index is -4.00. The number of hydrogen-bond donors (Lipinski definition) is 0. The largest absolute Gasteiger partial charge is 0.296 e. The van der Waals surface area contributed by atoms with Crippen molar-refractivity contribution in [3.8, 4) is 0 Å². The Morgan fingerprint density at radius 1 is 1.18 bits per heavy atom. The van der Waals surface area contributed by atoms with Crippen molar-refractivity contribution in [3.05, 3.63) is 29.3 Å². The first-order chi connectivity index (χ1) is 10.3. The molecule has 1 aliphatic carbocycles. The predicted molar refractivity (Wildman–Crippen MR) is 80.8 cm³/mol. The second-order valence-electron chi connectivity index (χ2n) is 6.04. The zero-order valence-electron chi connectivity index (χ0n) is 12.1. The molecule has 0 N–H and O–H groups in total. The highest BCUT2D eigenvalue weighted by atomic mass is 35.7. The van der Waals surface area contributed by atoms with Crippen molar-refractivity contribution >= 4 is 19.7 Å². The molecule has 7 heteroatoms. The highest BCUT2D eigenvalue weighted by Gasteiger charge is 2.42. The topological polar surface area (TPSA) is 37.4 Å². The fraction of sp³-hybridized carbons (Fsp3) is 0.600. The van der Waals surface area contributed by atoms with Gasteiger partial charge in [-0.1, -0.05) is 12.5 Å². The van der Waals surface area contributed by atoms with Crippen LogP contribution in [0.3, 0.4) is 0 Å². The molecule has 1 unspecified atom stereocenters. The molecule has 0 amide bonds. The predicted octanol–water partition coefficient (Wildman–Crippen LogP) is 4.03. The summed E-state index contributed by atoms with van der Waals surface area (Å²) in [6.07, 6.45) is 3.47. The second-order valence-corrected chi connectivity index (χ2v) is 8.61. The Morgan fingerprint density at radius 3 is 2.50 bits per heavy atom. The fourth-order valence-corrected chi connectivity index (χ4v) is 4.29. The molecule has 1 aromatic rings. The zero-order chi connectivity index (χ0) is 16.0. The summed E-state index contributed by atoms with van der Waals surface area (Å²) in [5, 5.41) is 0. The number of halogens is 3. The van der Waals surface area contributed by atoms with Gasteiger partial charge in [-0.25, -0.2) is 17.2 Å². The molecule has 0 radical (unpaired) electrons. The van der Waals surface area contributed by atoms with Crippen molar-refractivity contribution in [3.63, 3.8) is 0 Å². The summed E-state index contributed by atoms with van der Waals surface area (Å²) in [6.45, 7) is 1.82. The highest BCUT2D eigenvalue weighted by molar-refractivity contribution is 8.13. The molecule has 0 saturated carbocycles. The van der Waals surface area contributed by atoms with Crippen molar-refractivity contribution in [1.82, 2.24) is 4.90 Å². The van der Waals surface area contributed by atoms with Crippen molar-refractivity contribution in [2.24, 2.45) is 0 Å². The van der Waals surface area contributed by atoms with E-state index in [1.165, 1.54) is 18.6 Å². The van der Waals surface area contributed by atoms with E-state index in [1.807, 2.05) is 0 Å². The van der Waals surface area contributed by atoms with E-state index in [-0.39, 0.29) is 22.9 Å². The van der Waals surface area contributed by atoms with Crippen LogP contribution in [0.1, 0.15) is 49.3 Å². The summed E-state index contributed by atoms with van der Waals surface area (Å²) in [7, 11) is 1.29. The summed E-state index contributed by atoms with van der Waals surface area (Å²) >= 11 is 0. The standard InChI is InChI=1S/C15H18ClF2NO2S/c16-22(20,21)11-4-5-12-13(10-11)15(17,18)7-6-14(12)19-8-2-1-3-9-19/h4-5,10,14H,1-3,6-9H2. The van der Waals surface area contributed by atoms with Gasteiger partial charge >= 0.3 is 0 Å². The Morgan fingerprint density at radius 2 is 1.86 bits per heavy atom. The molecule has 2 aliphatic rings. The van der Waals surface area contributed by atoms with Gasteiger partial charge < -0.3 is 0 Å². The molecule has 0 spiro atoms. The van der Waals surface area contributed by atoms with Crippen molar-refractivity contribution in [1.29, 1.82) is 0 Å². The molecule has 1 atom stereocenters. The number of rotatable bonds is 2. The lowest BCUT2D eigenvalue weighted by Gasteiger charge is -2.40. The molecule has 1 heterocycles. The Hall–Kier alpha value is -0.720. The highest BCUT2D eigenvalue weighted by Crippen LogP contribution is 2.47. The van der Waals surface area contributed by atoms with Crippen molar-refractivity contribution < 1.29 is 17.2 Å². The average molecular weight is 350 g/mol. The molecular weight excluding hydrogens is 332 g/mol. The number of piperidine rings is 1. The maximum absolute atomic E-state index is 14.2. The molecule has 3 nitrogen and oxygen atoms in total. The van der Waals surface area contributed by atoms with Gasteiger partial charge in [0.25, 0.3) is 15.0 Å². The minimum Gasteiger partial charge on any atom is -0.296 e. The first kappa shape index (κ1) is 16.1. The van der Waals surface area contributed by atoms with E-state index in [0.29, 0.717) is 12.0 Å². The van der Waals surface area contributed by atoms with Crippen LogP contribution in [-0.4, -0.2) is 26.4 Å². The normalized spacial score (nSPS) is 25.7. The third kappa shape index (κ3) is 3.01. The Kier molecular flexibility index (Phi) is 4.20. The van der Waals surface area contributed by atoms with Gasteiger partial charge in [-0.15, -0.1) is 0 Å². The molecule has 3 rings (SSSR count). The quantitative estimate of drug-likeness (QED) is 0.756. The Bertz CT molecular complexity index is 672. The minimum absolute atomic E-state index is 0.0537. The lowest BCUT2D eigenvalue weighted by molar-refractivity contribution is -0.0368. The number of fused-ring (bicyclic) bond motifs is 1. The molecule has 122 valence electrons.